The predicted octanol–water partition coefficient (Wildman–Crippen LogP) is 2.97. The van der Waals surface area contributed by atoms with Gasteiger partial charge in [0.2, 0.25) is 0 Å². The molecule has 2 aromatic rings. The lowest BCUT2D eigenvalue weighted by Gasteiger charge is -2.15. The third-order valence-corrected chi connectivity index (χ3v) is 5.50. The summed E-state index contributed by atoms with van der Waals surface area (Å²) in [5.41, 5.74) is -0.390. The van der Waals surface area contributed by atoms with Gasteiger partial charge in [0.25, 0.3) is 10.0 Å². The highest BCUT2D eigenvalue weighted by atomic mass is 79.9. The normalized spacial score (nSPS) is 11.0. The zero-order valence-corrected chi connectivity index (χ0v) is 15.1. The maximum atomic E-state index is 12.5. The van der Waals surface area contributed by atoms with E-state index < -0.39 is 16.0 Å². The van der Waals surface area contributed by atoms with Crippen molar-refractivity contribution in [1.29, 1.82) is 0 Å². The monoisotopic (exact) mass is 415 g/mol. The number of rotatable bonds is 6. The highest BCUT2D eigenvalue weighted by Crippen LogP contribution is 2.35. The molecule has 0 bridgehead atoms. The quantitative estimate of drug-likeness (QED) is 0.751. The number of aromatic carboxylic acids is 1. The van der Waals surface area contributed by atoms with E-state index in [1.807, 2.05) is 0 Å². The first-order valence-electron chi connectivity index (χ1n) is 6.57. The molecule has 9 heteroatoms. The molecule has 2 rings (SSSR count). The van der Waals surface area contributed by atoms with Gasteiger partial charge in [-0.15, -0.1) is 0 Å². The van der Waals surface area contributed by atoms with Crippen LogP contribution in [0.25, 0.3) is 0 Å². The van der Waals surface area contributed by atoms with E-state index in [0.29, 0.717) is 4.47 Å². The molecule has 0 aromatic heterocycles. The van der Waals surface area contributed by atoms with E-state index in [1.54, 1.807) is 18.2 Å². The Morgan fingerprint density at radius 1 is 1.12 bits per heavy atom. The second-order valence-corrected chi connectivity index (χ2v) is 7.10. The number of hydrogen-bond donors (Lipinski definition) is 2. The Balaban J connectivity index is 2.56. The maximum Gasteiger partial charge on any atom is 0.337 e. The van der Waals surface area contributed by atoms with Gasteiger partial charge in [0.1, 0.15) is 4.90 Å². The number of methoxy groups -OCH3 is 2. The second-order valence-electron chi connectivity index (χ2n) is 4.59. The van der Waals surface area contributed by atoms with Crippen molar-refractivity contribution in [3.05, 3.63) is 46.4 Å². The Hall–Kier alpha value is -2.26. The van der Waals surface area contributed by atoms with Crippen molar-refractivity contribution < 1.29 is 27.8 Å². The fraction of sp³-hybridized carbons (Fsp3) is 0.133. The number of sulfonamides is 1. The van der Waals surface area contributed by atoms with Crippen LogP contribution in [0.15, 0.2) is 45.8 Å². The number of halogens is 1. The average Bonchev–Trinajstić information content (AvgIpc) is 2.54. The van der Waals surface area contributed by atoms with Crippen molar-refractivity contribution in [2.75, 3.05) is 18.9 Å². The molecule has 2 N–H and O–H groups in total. The van der Waals surface area contributed by atoms with Crippen molar-refractivity contribution in [3.63, 3.8) is 0 Å². The summed E-state index contributed by atoms with van der Waals surface area (Å²) >= 11 is 3.16. The van der Waals surface area contributed by atoms with Gasteiger partial charge in [-0.3, -0.25) is 4.72 Å². The molecule has 0 spiro atoms. The Morgan fingerprint density at radius 2 is 1.71 bits per heavy atom. The van der Waals surface area contributed by atoms with E-state index in [2.05, 4.69) is 20.7 Å². The molecule has 0 radical (unpaired) electrons. The number of anilines is 1. The Kier molecular flexibility index (Phi) is 5.35. The molecule has 0 amide bonds. The van der Waals surface area contributed by atoms with Crippen LogP contribution in [0.2, 0.25) is 0 Å². The summed E-state index contributed by atoms with van der Waals surface area (Å²) in [6.45, 7) is 0. The molecule has 128 valence electrons. The topological polar surface area (TPSA) is 102 Å². The molecule has 0 heterocycles. The van der Waals surface area contributed by atoms with Crippen molar-refractivity contribution in [2.45, 2.75) is 4.90 Å². The summed E-state index contributed by atoms with van der Waals surface area (Å²) in [5, 5.41) is 9.33. The number of carbonyl (C=O) groups is 1. The number of carboxylic acids is 1. The fourth-order valence-corrected chi connectivity index (χ4v) is 4.08. The molecule has 0 atom stereocenters. The summed E-state index contributed by atoms with van der Waals surface area (Å²) in [7, 11) is -1.28. The van der Waals surface area contributed by atoms with Crippen LogP contribution in [0.3, 0.4) is 0 Å². The Labute approximate surface area is 147 Å². The third-order valence-electron chi connectivity index (χ3n) is 3.12. The van der Waals surface area contributed by atoms with E-state index in [-0.39, 0.29) is 27.6 Å². The second kappa shape index (κ2) is 7.10. The number of benzene rings is 2. The van der Waals surface area contributed by atoms with Crippen molar-refractivity contribution in [3.8, 4) is 11.5 Å². The van der Waals surface area contributed by atoms with E-state index in [0.717, 1.165) is 0 Å². The SMILES string of the molecule is COc1cc(NS(=O)(=O)c2ccccc2Br)c(C(=O)O)cc1OC. The van der Waals surface area contributed by atoms with Gasteiger partial charge in [0.05, 0.1) is 25.5 Å². The molecule has 0 aliphatic heterocycles. The third kappa shape index (κ3) is 3.62. The summed E-state index contributed by atoms with van der Waals surface area (Å²) in [5.74, 6) is -0.924. The first-order valence-corrected chi connectivity index (χ1v) is 8.84. The smallest absolute Gasteiger partial charge is 0.337 e. The van der Waals surface area contributed by atoms with Crippen LogP contribution in [0.5, 0.6) is 11.5 Å². The van der Waals surface area contributed by atoms with Gasteiger partial charge in [0, 0.05) is 16.6 Å². The molecule has 0 unspecified atom stereocenters. The van der Waals surface area contributed by atoms with Gasteiger partial charge in [-0.2, -0.15) is 0 Å². The van der Waals surface area contributed by atoms with Gasteiger partial charge >= 0.3 is 5.97 Å². The zero-order valence-electron chi connectivity index (χ0n) is 12.7. The van der Waals surface area contributed by atoms with Crippen LogP contribution >= 0.6 is 15.9 Å². The Bertz CT molecular complexity index is 882. The van der Waals surface area contributed by atoms with E-state index in [9.17, 15) is 18.3 Å². The zero-order chi connectivity index (χ0) is 17.9. The molecule has 24 heavy (non-hydrogen) atoms. The number of ether oxygens (including phenoxy) is 2. The van der Waals surface area contributed by atoms with Crippen LogP contribution < -0.4 is 14.2 Å². The first-order chi connectivity index (χ1) is 11.3. The van der Waals surface area contributed by atoms with E-state index in [4.69, 9.17) is 9.47 Å². The average molecular weight is 416 g/mol. The molecule has 7 nitrogen and oxygen atoms in total. The lowest BCUT2D eigenvalue weighted by Crippen LogP contribution is -2.16. The standard InChI is InChI=1S/C15H14BrNO6S/c1-22-12-7-9(15(18)19)11(8-13(12)23-2)17-24(20,21)14-6-4-3-5-10(14)16/h3-8,17H,1-2H3,(H,18,19). The lowest BCUT2D eigenvalue weighted by molar-refractivity contribution is 0.0697. The van der Waals surface area contributed by atoms with E-state index >= 15 is 0 Å². The highest BCUT2D eigenvalue weighted by molar-refractivity contribution is 9.10. The van der Waals surface area contributed by atoms with Gasteiger partial charge in [-0.1, -0.05) is 12.1 Å². The summed E-state index contributed by atoms with van der Waals surface area (Å²) in [6.07, 6.45) is 0. The Morgan fingerprint density at radius 3 is 2.25 bits per heavy atom. The molecule has 0 saturated carbocycles. The molecule has 0 aliphatic rings. The molecule has 0 aliphatic carbocycles. The van der Waals surface area contributed by atoms with E-state index in [1.165, 1.54) is 32.4 Å². The molecule has 0 fully saturated rings. The highest BCUT2D eigenvalue weighted by Gasteiger charge is 2.23. The molecular formula is C15H14BrNO6S. The minimum Gasteiger partial charge on any atom is -0.493 e. The van der Waals surface area contributed by atoms with Gasteiger partial charge in [0.15, 0.2) is 11.5 Å². The van der Waals surface area contributed by atoms with Crippen LogP contribution in [-0.2, 0) is 10.0 Å². The van der Waals surface area contributed by atoms with Crippen LogP contribution in [0.1, 0.15) is 10.4 Å². The van der Waals surface area contributed by atoms with Gasteiger partial charge in [-0.25, -0.2) is 13.2 Å². The summed E-state index contributed by atoms with van der Waals surface area (Å²) in [4.78, 5) is 11.4. The minimum atomic E-state index is -4.00. The van der Waals surface area contributed by atoms with Crippen LogP contribution in [0, 0.1) is 0 Å². The summed E-state index contributed by atoms with van der Waals surface area (Å²) in [6, 6.07) is 8.65. The van der Waals surface area contributed by atoms with Crippen molar-refractivity contribution >= 4 is 37.6 Å². The van der Waals surface area contributed by atoms with Crippen LogP contribution in [-0.4, -0.2) is 33.7 Å². The lowest BCUT2D eigenvalue weighted by atomic mass is 10.1. The largest absolute Gasteiger partial charge is 0.493 e. The van der Waals surface area contributed by atoms with Crippen LogP contribution in [0.4, 0.5) is 5.69 Å². The van der Waals surface area contributed by atoms with Gasteiger partial charge < -0.3 is 14.6 Å². The maximum absolute atomic E-state index is 12.5. The first kappa shape index (κ1) is 18.1. The van der Waals surface area contributed by atoms with Gasteiger partial charge in [-0.05, 0) is 28.1 Å². The number of carboxylic acid groups (broad SMARTS) is 1. The number of nitrogens with one attached hydrogen (secondary N) is 1. The predicted molar refractivity (Wildman–Crippen MR) is 91.5 cm³/mol. The minimum absolute atomic E-state index is 0.0175. The summed E-state index contributed by atoms with van der Waals surface area (Å²) < 4.78 is 37.9. The fourth-order valence-electron chi connectivity index (χ4n) is 2.00. The van der Waals surface area contributed by atoms with Crippen molar-refractivity contribution in [2.24, 2.45) is 0 Å². The molecular weight excluding hydrogens is 402 g/mol. The van der Waals surface area contributed by atoms with Crippen molar-refractivity contribution in [1.82, 2.24) is 0 Å². The molecule has 2 aromatic carbocycles. The number of hydrogen-bond acceptors (Lipinski definition) is 5. The molecule has 0 saturated heterocycles.